The highest BCUT2D eigenvalue weighted by atomic mass is 35.5. The summed E-state index contributed by atoms with van der Waals surface area (Å²) in [5.74, 6) is 1.00. The second-order valence-electron chi connectivity index (χ2n) is 12.0. The average Bonchev–Trinajstić information content (AvgIpc) is 2.88. The third-order valence-electron chi connectivity index (χ3n) is 8.86. The summed E-state index contributed by atoms with van der Waals surface area (Å²) in [4.78, 5) is 16.3. The normalized spacial score (nSPS) is 18.8. The van der Waals surface area contributed by atoms with Gasteiger partial charge in [-0.05, 0) is 87.0 Å². The van der Waals surface area contributed by atoms with Crippen LogP contribution in [0.3, 0.4) is 0 Å². The van der Waals surface area contributed by atoms with E-state index in [9.17, 15) is 4.79 Å². The van der Waals surface area contributed by atoms with Gasteiger partial charge in [-0.3, -0.25) is 4.79 Å². The van der Waals surface area contributed by atoms with Gasteiger partial charge in [0.15, 0.2) is 5.78 Å². The van der Waals surface area contributed by atoms with Crippen molar-refractivity contribution in [3.63, 3.8) is 0 Å². The van der Waals surface area contributed by atoms with Crippen LogP contribution in [0.4, 0.5) is 0 Å². The van der Waals surface area contributed by atoms with Crippen LogP contribution in [-0.4, -0.2) is 23.3 Å². The molecule has 206 valence electrons. The van der Waals surface area contributed by atoms with Gasteiger partial charge >= 0.3 is 0 Å². The Labute approximate surface area is 236 Å². The lowest BCUT2D eigenvalue weighted by Gasteiger charge is -2.48. The van der Waals surface area contributed by atoms with E-state index in [4.69, 9.17) is 11.6 Å². The van der Waals surface area contributed by atoms with Crippen LogP contribution >= 0.6 is 11.6 Å². The molecule has 0 saturated carbocycles. The molecule has 1 atom stereocenters. The number of halogens is 1. The molecule has 3 nitrogen and oxygen atoms in total. The van der Waals surface area contributed by atoms with Crippen molar-refractivity contribution >= 4 is 17.4 Å². The molecule has 1 fully saturated rings. The maximum Gasteiger partial charge on any atom is 0.188 e. The lowest BCUT2D eigenvalue weighted by molar-refractivity contribution is -0.113. The van der Waals surface area contributed by atoms with Crippen LogP contribution in [0.1, 0.15) is 96.4 Å². The van der Waals surface area contributed by atoms with Crippen molar-refractivity contribution < 1.29 is 4.79 Å². The van der Waals surface area contributed by atoms with Crippen LogP contribution in [0.25, 0.3) is 0 Å². The van der Waals surface area contributed by atoms with Crippen molar-refractivity contribution in [2.45, 2.75) is 97.6 Å². The van der Waals surface area contributed by atoms with Gasteiger partial charge in [-0.2, -0.15) is 0 Å². The van der Waals surface area contributed by atoms with E-state index >= 15 is 0 Å². The molecule has 0 aliphatic carbocycles. The molecule has 1 saturated heterocycles. The highest BCUT2D eigenvalue weighted by molar-refractivity contribution is 6.31. The Bertz CT molecular complexity index is 1170. The molecule has 2 aromatic rings. The zero-order chi connectivity index (χ0) is 28.3. The smallest absolute Gasteiger partial charge is 0.188 e. The molecule has 1 aliphatic heterocycles. The number of ketones is 1. The van der Waals surface area contributed by atoms with E-state index in [-0.39, 0.29) is 28.7 Å². The maximum atomic E-state index is 14.1. The van der Waals surface area contributed by atoms with Crippen molar-refractivity contribution in [3.05, 3.63) is 93.8 Å². The molecule has 4 heteroatoms. The molecule has 0 unspecified atom stereocenters. The van der Waals surface area contributed by atoms with E-state index in [1.807, 2.05) is 18.2 Å². The Balaban J connectivity index is 1.93. The minimum Gasteiger partial charge on any atom is -0.364 e. The van der Waals surface area contributed by atoms with Gasteiger partial charge in [-0.1, -0.05) is 93.9 Å². The van der Waals surface area contributed by atoms with E-state index in [0.29, 0.717) is 12.0 Å². The van der Waals surface area contributed by atoms with Gasteiger partial charge in [-0.15, -0.1) is 0 Å². The molecular formula is C34H47ClN2O. The second-order valence-corrected chi connectivity index (χ2v) is 12.4. The molecule has 0 amide bonds. The first kappa shape index (κ1) is 30.0. The fourth-order valence-electron chi connectivity index (χ4n) is 5.86. The second kappa shape index (κ2) is 12.1. The molecular weight excluding hydrogens is 488 g/mol. The summed E-state index contributed by atoms with van der Waals surface area (Å²) in [6, 6.07) is 16.9. The largest absolute Gasteiger partial charge is 0.364 e. The van der Waals surface area contributed by atoms with E-state index in [0.717, 1.165) is 47.7 Å². The van der Waals surface area contributed by atoms with Gasteiger partial charge in [0, 0.05) is 23.2 Å². The highest BCUT2D eigenvalue weighted by Gasteiger charge is 2.39. The van der Waals surface area contributed by atoms with Gasteiger partial charge in [0.25, 0.3) is 0 Å². The number of carbonyl (C=O) groups is 1. The summed E-state index contributed by atoms with van der Waals surface area (Å²) in [5, 5.41) is 4.47. The molecule has 0 bridgehead atoms. The number of hydrogen-bond donors (Lipinski definition) is 1. The monoisotopic (exact) mass is 534 g/mol. The molecule has 0 aromatic heterocycles. The Morgan fingerprint density at radius 3 is 2.29 bits per heavy atom. The molecule has 1 N–H and O–H groups in total. The van der Waals surface area contributed by atoms with Crippen LogP contribution < -0.4 is 5.32 Å². The minimum atomic E-state index is -0.156. The van der Waals surface area contributed by atoms with Crippen molar-refractivity contribution in [1.29, 1.82) is 0 Å². The molecule has 1 heterocycles. The first-order valence-electron chi connectivity index (χ1n) is 14.2. The Hall–Kier alpha value is -2.52. The third-order valence-corrected chi connectivity index (χ3v) is 9.20. The Morgan fingerprint density at radius 2 is 1.74 bits per heavy atom. The quantitative estimate of drug-likeness (QED) is 0.309. The number of nitrogens with one attached hydrogen (secondary N) is 1. The predicted octanol–water partition coefficient (Wildman–Crippen LogP) is 8.92. The number of Topliss-reactive ketones (excluding diaryl/α,β-unsaturated/α-hetero) is 1. The first-order chi connectivity index (χ1) is 17.9. The predicted molar refractivity (Wildman–Crippen MR) is 162 cm³/mol. The Kier molecular flexibility index (Phi) is 9.57. The summed E-state index contributed by atoms with van der Waals surface area (Å²) in [6.45, 7) is 19.6. The average molecular weight is 535 g/mol. The SMILES string of the molecule is C=C(CCC(CC)(CC)c1ccc(C)cc1)C(=O)/C(=C1\N[C@@H](c2ccccc2Cl)CC(C)(C)N1C)C(C)C. The summed E-state index contributed by atoms with van der Waals surface area (Å²) in [5.41, 5.74) is 5.06. The number of aryl methyl sites for hydroxylation is 1. The summed E-state index contributed by atoms with van der Waals surface area (Å²) >= 11 is 6.61. The topological polar surface area (TPSA) is 32.3 Å². The van der Waals surface area contributed by atoms with Crippen LogP contribution in [0, 0.1) is 12.8 Å². The van der Waals surface area contributed by atoms with Crippen LogP contribution in [0.15, 0.2) is 72.1 Å². The van der Waals surface area contributed by atoms with Gasteiger partial charge < -0.3 is 10.2 Å². The standard InChI is InChI=1S/C34H47ClN2O/c1-10-34(11-2,26-18-16-24(5)17-19-26)21-20-25(6)31(38)30(23(3)4)32-36-29(22-33(7,8)37(32)9)27-14-12-13-15-28(27)35/h12-19,23,29,36H,6,10-11,20-22H2,1-5,7-9H3/b32-30+/t29-/m1/s1. The molecule has 3 rings (SSSR count). The third kappa shape index (κ3) is 6.20. The van der Waals surface area contributed by atoms with Crippen molar-refractivity contribution in [3.8, 4) is 0 Å². The van der Waals surface area contributed by atoms with Crippen molar-refractivity contribution in [2.75, 3.05) is 7.05 Å². The zero-order valence-corrected chi connectivity index (χ0v) is 25.5. The Morgan fingerprint density at radius 1 is 1.13 bits per heavy atom. The molecule has 0 spiro atoms. The van der Waals surface area contributed by atoms with E-state index in [1.54, 1.807) is 0 Å². The lowest BCUT2D eigenvalue weighted by Crippen LogP contribution is -2.53. The number of hydrogen-bond acceptors (Lipinski definition) is 3. The van der Waals surface area contributed by atoms with Crippen LogP contribution in [0.2, 0.25) is 5.02 Å². The first-order valence-corrected chi connectivity index (χ1v) is 14.5. The summed E-state index contributed by atoms with van der Waals surface area (Å²) in [6.07, 6.45) is 4.53. The number of rotatable bonds is 10. The van der Waals surface area contributed by atoms with Gasteiger partial charge in [0.1, 0.15) is 5.82 Å². The van der Waals surface area contributed by atoms with Gasteiger partial charge in [0.2, 0.25) is 0 Å². The number of carbonyl (C=O) groups excluding carboxylic acids is 1. The molecule has 1 aliphatic rings. The summed E-state index contributed by atoms with van der Waals surface area (Å²) < 4.78 is 0. The lowest BCUT2D eigenvalue weighted by atomic mass is 9.71. The maximum absolute atomic E-state index is 14.1. The fraction of sp³-hybridized carbons (Fsp3) is 0.500. The van der Waals surface area contributed by atoms with Crippen molar-refractivity contribution in [1.82, 2.24) is 10.2 Å². The number of benzene rings is 2. The number of nitrogens with zero attached hydrogens (tertiary/aromatic N) is 1. The van der Waals surface area contributed by atoms with E-state index < -0.39 is 0 Å². The van der Waals surface area contributed by atoms with Crippen LogP contribution in [0.5, 0.6) is 0 Å². The van der Waals surface area contributed by atoms with E-state index in [2.05, 4.69) is 103 Å². The van der Waals surface area contributed by atoms with Crippen LogP contribution in [-0.2, 0) is 10.2 Å². The minimum absolute atomic E-state index is 0.0223. The zero-order valence-electron chi connectivity index (χ0n) is 24.7. The molecule has 38 heavy (non-hydrogen) atoms. The summed E-state index contributed by atoms with van der Waals surface area (Å²) in [7, 11) is 2.08. The molecule has 2 aromatic carbocycles. The van der Waals surface area contributed by atoms with E-state index in [1.165, 1.54) is 11.1 Å². The fourth-order valence-corrected chi connectivity index (χ4v) is 6.12. The van der Waals surface area contributed by atoms with Gasteiger partial charge in [-0.25, -0.2) is 0 Å². The highest BCUT2D eigenvalue weighted by Crippen LogP contribution is 2.41. The number of allylic oxidation sites excluding steroid dienone is 2. The van der Waals surface area contributed by atoms with Gasteiger partial charge in [0.05, 0.1) is 6.04 Å². The van der Waals surface area contributed by atoms with Crippen molar-refractivity contribution in [2.24, 2.45) is 5.92 Å². The molecule has 0 radical (unpaired) electrons.